The zero-order chi connectivity index (χ0) is 21.6. The second-order valence-corrected chi connectivity index (χ2v) is 7.43. The third-order valence-electron chi connectivity index (χ3n) is 4.37. The second kappa shape index (κ2) is 9.89. The number of alkyl halides is 1. The number of hydrogen-bond donors (Lipinski definition) is 3. The first kappa shape index (κ1) is 22.9. The predicted molar refractivity (Wildman–Crippen MR) is 101 cm³/mol. The molecule has 0 bridgehead atoms. The quantitative estimate of drug-likeness (QED) is 0.284. The summed E-state index contributed by atoms with van der Waals surface area (Å²) in [5.41, 5.74) is 3.99. The third kappa shape index (κ3) is 4.97. The van der Waals surface area contributed by atoms with E-state index in [0.29, 0.717) is 29.2 Å². The number of carbonyl (C=O) groups excluding carboxylic acids is 1. The van der Waals surface area contributed by atoms with Gasteiger partial charge in [-0.1, -0.05) is 5.11 Å². The summed E-state index contributed by atoms with van der Waals surface area (Å²) in [4.78, 5) is 42.8. The van der Waals surface area contributed by atoms with Crippen LogP contribution in [0, 0.1) is 0 Å². The fourth-order valence-electron chi connectivity index (χ4n) is 2.67. The van der Waals surface area contributed by atoms with Crippen molar-refractivity contribution in [1.29, 1.82) is 0 Å². The van der Waals surface area contributed by atoms with Gasteiger partial charge in [-0.25, -0.2) is 9.18 Å². The molecule has 1 aliphatic heterocycles. The van der Waals surface area contributed by atoms with Crippen molar-refractivity contribution in [2.75, 3.05) is 37.9 Å². The summed E-state index contributed by atoms with van der Waals surface area (Å²) in [5.74, 6) is 0.759. The number of hydrogen-bond acceptors (Lipinski definition) is 8. The highest BCUT2D eigenvalue weighted by Gasteiger charge is 2.39. The minimum absolute atomic E-state index is 0.394. The lowest BCUT2D eigenvalue weighted by atomic mass is 10.1. The Labute approximate surface area is 167 Å². The maximum Gasteiger partial charge on any atom is 0.330 e. The molecule has 0 aliphatic carbocycles. The SMILES string of the molecule is C[C@@H](O)[C@](CO)(N=[N+]=[N-])O[C@H](CF)n1cc(C(=O)N2CCSCC2)c(=O)[nH]c1=O. The molecule has 2 heterocycles. The Morgan fingerprint density at radius 2 is 2.17 bits per heavy atom. The van der Waals surface area contributed by atoms with Crippen molar-refractivity contribution in [2.24, 2.45) is 5.11 Å². The van der Waals surface area contributed by atoms with Crippen molar-refractivity contribution in [3.63, 3.8) is 0 Å². The second-order valence-electron chi connectivity index (χ2n) is 6.21. The number of nitrogens with zero attached hydrogens (tertiary/aromatic N) is 5. The largest absolute Gasteiger partial charge is 0.393 e. The average molecular weight is 432 g/mol. The number of nitrogens with one attached hydrogen (secondary N) is 1. The first-order valence-electron chi connectivity index (χ1n) is 8.61. The molecule has 1 aromatic heterocycles. The van der Waals surface area contributed by atoms with Crippen LogP contribution in [0.4, 0.5) is 4.39 Å². The van der Waals surface area contributed by atoms with E-state index in [9.17, 15) is 29.0 Å². The van der Waals surface area contributed by atoms with Crippen molar-refractivity contribution >= 4 is 17.7 Å². The molecule has 2 rings (SSSR count). The lowest BCUT2D eigenvalue weighted by Crippen LogP contribution is -2.49. The first-order valence-corrected chi connectivity index (χ1v) is 9.76. The Morgan fingerprint density at radius 3 is 2.69 bits per heavy atom. The molecule has 14 heteroatoms. The Balaban J connectivity index is 2.45. The molecular formula is C15H21FN6O6S. The van der Waals surface area contributed by atoms with E-state index in [0.717, 1.165) is 13.1 Å². The van der Waals surface area contributed by atoms with Gasteiger partial charge in [0.15, 0.2) is 12.0 Å². The number of aliphatic hydroxyl groups excluding tert-OH is 2. The zero-order valence-corrected chi connectivity index (χ0v) is 16.3. The number of thioether (sulfide) groups is 1. The molecule has 160 valence electrons. The number of H-pyrrole nitrogens is 1. The number of aliphatic hydroxyl groups is 2. The number of amides is 1. The summed E-state index contributed by atoms with van der Waals surface area (Å²) in [5, 5.41) is 22.5. The van der Waals surface area contributed by atoms with Gasteiger partial charge in [-0.05, 0) is 12.5 Å². The van der Waals surface area contributed by atoms with E-state index in [-0.39, 0.29) is 0 Å². The molecule has 1 amide bonds. The average Bonchev–Trinajstić information content (AvgIpc) is 2.71. The molecule has 0 unspecified atom stereocenters. The maximum atomic E-state index is 13.7. The van der Waals surface area contributed by atoms with Crippen LogP contribution in [0.1, 0.15) is 23.5 Å². The van der Waals surface area contributed by atoms with E-state index in [4.69, 9.17) is 10.3 Å². The molecule has 0 spiro atoms. The lowest BCUT2D eigenvalue weighted by molar-refractivity contribution is -0.193. The van der Waals surface area contributed by atoms with E-state index >= 15 is 0 Å². The Morgan fingerprint density at radius 1 is 1.52 bits per heavy atom. The molecule has 0 radical (unpaired) electrons. The fourth-order valence-corrected chi connectivity index (χ4v) is 3.57. The molecule has 1 saturated heterocycles. The standard InChI is InChI=1S/C15H21FN6O6S/c1-9(24)15(8-23,19-20-17)28-11(6-16)22-7-10(12(25)18-14(22)27)13(26)21-2-4-29-5-3-21/h7,9,11,23-24H,2-6,8H2,1H3,(H,18,25,27)/t9-,11-,15-/m1/s1. The molecule has 12 nitrogen and oxygen atoms in total. The normalized spacial score (nSPS) is 18.4. The van der Waals surface area contributed by atoms with Crippen LogP contribution in [0.5, 0.6) is 0 Å². The summed E-state index contributed by atoms with van der Waals surface area (Å²) < 4.78 is 19.6. The van der Waals surface area contributed by atoms with Crippen LogP contribution < -0.4 is 11.2 Å². The molecule has 0 aromatic carbocycles. The Hall–Kier alpha value is -2.38. The van der Waals surface area contributed by atoms with Crippen molar-refractivity contribution < 1.29 is 24.1 Å². The molecule has 29 heavy (non-hydrogen) atoms. The van der Waals surface area contributed by atoms with Gasteiger partial charge in [0.1, 0.15) is 12.2 Å². The Kier molecular flexibility index (Phi) is 7.81. The van der Waals surface area contributed by atoms with Gasteiger partial charge in [0.05, 0.1) is 12.7 Å². The van der Waals surface area contributed by atoms with E-state index in [2.05, 4.69) is 10.0 Å². The number of aromatic amines is 1. The summed E-state index contributed by atoms with van der Waals surface area (Å²) in [6, 6.07) is 0. The minimum Gasteiger partial charge on any atom is -0.393 e. The third-order valence-corrected chi connectivity index (χ3v) is 5.31. The Bertz CT molecular complexity index is 894. The van der Waals surface area contributed by atoms with Gasteiger partial charge in [0, 0.05) is 35.7 Å². The highest BCUT2D eigenvalue weighted by Crippen LogP contribution is 2.25. The molecule has 1 aromatic rings. The molecule has 1 fully saturated rings. The van der Waals surface area contributed by atoms with Gasteiger partial charge < -0.3 is 19.8 Å². The lowest BCUT2D eigenvalue weighted by Gasteiger charge is -2.33. The van der Waals surface area contributed by atoms with Crippen LogP contribution in [0.25, 0.3) is 10.4 Å². The van der Waals surface area contributed by atoms with Crippen molar-refractivity contribution in [3.8, 4) is 0 Å². The van der Waals surface area contributed by atoms with E-state index in [1.807, 2.05) is 4.98 Å². The van der Waals surface area contributed by atoms with E-state index in [1.165, 1.54) is 4.90 Å². The summed E-state index contributed by atoms with van der Waals surface area (Å²) in [6.07, 6.45) is -2.51. The summed E-state index contributed by atoms with van der Waals surface area (Å²) in [6.45, 7) is -0.398. The maximum absolute atomic E-state index is 13.7. The van der Waals surface area contributed by atoms with Crippen LogP contribution in [-0.2, 0) is 4.74 Å². The monoisotopic (exact) mass is 432 g/mol. The fraction of sp³-hybridized carbons (Fsp3) is 0.667. The molecule has 1 aliphatic rings. The van der Waals surface area contributed by atoms with Crippen LogP contribution in [0.2, 0.25) is 0 Å². The van der Waals surface area contributed by atoms with E-state index < -0.39 is 54.1 Å². The number of carbonyl (C=O) groups is 1. The van der Waals surface area contributed by atoms with Gasteiger partial charge >= 0.3 is 5.69 Å². The number of ether oxygens (including phenoxy) is 1. The highest BCUT2D eigenvalue weighted by molar-refractivity contribution is 7.99. The molecule has 3 atom stereocenters. The number of rotatable bonds is 8. The topological polar surface area (TPSA) is 174 Å². The van der Waals surface area contributed by atoms with Crippen LogP contribution >= 0.6 is 11.8 Å². The zero-order valence-electron chi connectivity index (χ0n) is 15.5. The van der Waals surface area contributed by atoms with Gasteiger partial charge in [-0.15, -0.1) is 0 Å². The van der Waals surface area contributed by atoms with Crippen LogP contribution in [-0.4, -0.2) is 80.3 Å². The highest BCUT2D eigenvalue weighted by atomic mass is 32.2. The molecule has 3 N–H and O–H groups in total. The van der Waals surface area contributed by atoms with Crippen molar-refractivity contribution in [2.45, 2.75) is 25.0 Å². The van der Waals surface area contributed by atoms with Gasteiger partial charge in [0.2, 0.25) is 0 Å². The number of aromatic nitrogens is 2. The van der Waals surface area contributed by atoms with Crippen molar-refractivity contribution in [1.82, 2.24) is 14.5 Å². The minimum atomic E-state index is -2.28. The first-order chi connectivity index (χ1) is 13.8. The van der Waals surface area contributed by atoms with Gasteiger partial charge in [-0.2, -0.15) is 11.8 Å². The summed E-state index contributed by atoms with van der Waals surface area (Å²) >= 11 is 1.65. The molecular weight excluding hydrogens is 411 g/mol. The predicted octanol–water partition coefficient (Wildman–Crippen LogP) is -0.410. The number of halogens is 1. The van der Waals surface area contributed by atoms with Crippen molar-refractivity contribution in [3.05, 3.63) is 43.0 Å². The smallest absolute Gasteiger partial charge is 0.330 e. The number of azide groups is 1. The van der Waals surface area contributed by atoms with Crippen LogP contribution in [0.15, 0.2) is 20.9 Å². The summed E-state index contributed by atoms with van der Waals surface area (Å²) in [7, 11) is 0. The van der Waals surface area contributed by atoms with Crippen LogP contribution in [0.3, 0.4) is 0 Å². The van der Waals surface area contributed by atoms with Gasteiger partial charge in [0.25, 0.3) is 11.5 Å². The van der Waals surface area contributed by atoms with Gasteiger partial charge in [-0.3, -0.25) is 19.1 Å². The van der Waals surface area contributed by atoms with E-state index in [1.54, 1.807) is 11.8 Å². The molecule has 0 saturated carbocycles.